The van der Waals surface area contributed by atoms with Crippen molar-refractivity contribution in [3.05, 3.63) is 23.8 Å². The fourth-order valence-electron chi connectivity index (χ4n) is 1.25. The Balaban J connectivity index is 2.83. The van der Waals surface area contributed by atoms with Crippen LogP contribution in [0.3, 0.4) is 0 Å². The fourth-order valence-corrected chi connectivity index (χ4v) is 1.25. The normalized spacial score (nSPS) is 9.64. The largest absolute Gasteiger partial charge is 0.494 e. The van der Waals surface area contributed by atoms with E-state index in [1.54, 1.807) is 0 Å². The molecule has 76 valence electrons. The number of amides is 1. The summed E-state index contributed by atoms with van der Waals surface area (Å²) in [6.45, 7) is 6.05. The summed E-state index contributed by atoms with van der Waals surface area (Å²) in [4.78, 5) is 10.8. The van der Waals surface area contributed by atoms with Gasteiger partial charge in [0.15, 0.2) is 0 Å². The molecular weight excluding hydrogens is 178 g/mol. The van der Waals surface area contributed by atoms with E-state index < -0.39 is 0 Å². The van der Waals surface area contributed by atoms with Crippen molar-refractivity contribution in [3.63, 3.8) is 0 Å². The van der Waals surface area contributed by atoms with Crippen LogP contribution in [0.4, 0.5) is 5.69 Å². The molecule has 0 saturated heterocycles. The van der Waals surface area contributed by atoms with Gasteiger partial charge in [0.05, 0.1) is 6.61 Å². The van der Waals surface area contributed by atoms with Gasteiger partial charge in [0.1, 0.15) is 5.75 Å². The average Bonchev–Trinajstić information content (AvgIpc) is 2.09. The number of ether oxygens (including phenoxy) is 1. The van der Waals surface area contributed by atoms with Gasteiger partial charge in [-0.15, -0.1) is 0 Å². The van der Waals surface area contributed by atoms with Crippen molar-refractivity contribution in [1.82, 2.24) is 0 Å². The molecule has 0 aliphatic heterocycles. The van der Waals surface area contributed by atoms with E-state index in [1.165, 1.54) is 6.92 Å². The van der Waals surface area contributed by atoms with Gasteiger partial charge < -0.3 is 10.1 Å². The number of aryl methyl sites for hydroxylation is 1. The Morgan fingerprint density at radius 3 is 2.71 bits per heavy atom. The van der Waals surface area contributed by atoms with Gasteiger partial charge in [0.2, 0.25) is 5.91 Å². The Labute approximate surface area is 84.1 Å². The van der Waals surface area contributed by atoms with E-state index in [-0.39, 0.29) is 5.91 Å². The van der Waals surface area contributed by atoms with Gasteiger partial charge in [-0.25, -0.2) is 0 Å². The highest BCUT2D eigenvalue weighted by Gasteiger charge is 2.01. The summed E-state index contributed by atoms with van der Waals surface area (Å²) in [7, 11) is 0. The van der Waals surface area contributed by atoms with E-state index in [1.807, 2.05) is 32.0 Å². The molecular formula is C11H15NO2. The summed E-state index contributed by atoms with van der Waals surface area (Å²) < 4.78 is 5.38. The Bertz CT molecular complexity index is 334. The second-order valence-corrected chi connectivity index (χ2v) is 3.09. The van der Waals surface area contributed by atoms with Gasteiger partial charge >= 0.3 is 0 Å². The zero-order chi connectivity index (χ0) is 10.6. The second kappa shape index (κ2) is 4.65. The van der Waals surface area contributed by atoms with Gasteiger partial charge in [-0.3, -0.25) is 4.79 Å². The molecule has 1 rings (SSSR count). The third kappa shape index (κ3) is 2.76. The van der Waals surface area contributed by atoms with Gasteiger partial charge in [-0.2, -0.15) is 0 Å². The van der Waals surface area contributed by atoms with Crippen molar-refractivity contribution in [3.8, 4) is 5.75 Å². The average molecular weight is 193 g/mol. The second-order valence-electron chi connectivity index (χ2n) is 3.09. The molecule has 0 aliphatic carbocycles. The molecule has 3 heteroatoms. The summed E-state index contributed by atoms with van der Waals surface area (Å²) in [5.74, 6) is 0.801. The quantitative estimate of drug-likeness (QED) is 0.800. The first-order chi connectivity index (χ1) is 6.63. The number of carbonyl (C=O) groups excluding carboxylic acids is 1. The van der Waals surface area contributed by atoms with Crippen molar-refractivity contribution < 1.29 is 9.53 Å². The van der Waals surface area contributed by atoms with Crippen LogP contribution in [0.2, 0.25) is 0 Å². The fraction of sp³-hybridized carbons (Fsp3) is 0.364. The first-order valence-electron chi connectivity index (χ1n) is 4.64. The maximum Gasteiger partial charge on any atom is 0.221 e. The summed E-state index contributed by atoms with van der Waals surface area (Å²) >= 11 is 0. The molecule has 14 heavy (non-hydrogen) atoms. The Hall–Kier alpha value is -1.51. The highest BCUT2D eigenvalue weighted by molar-refractivity contribution is 5.88. The van der Waals surface area contributed by atoms with Crippen LogP contribution in [0.1, 0.15) is 19.4 Å². The number of hydrogen-bond donors (Lipinski definition) is 1. The van der Waals surface area contributed by atoms with Gasteiger partial charge in [-0.05, 0) is 37.6 Å². The van der Waals surface area contributed by atoms with Crippen LogP contribution < -0.4 is 10.1 Å². The lowest BCUT2D eigenvalue weighted by Crippen LogP contribution is -2.06. The molecule has 0 heterocycles. The first kappa shape index (κ1) is 10.6. The third-order valence-electron chi connectivity index (χ3n) is 1.80. The predicted octanol–water partition coefficient (Wildman–Crippen LogP) is 2.35. The molecule has 0 aliphatic rings. The first-order valence-corrected chi connectivity index (χ1v) is 4.64. The number of rotatable bonds is 3. The minimum absolute atomic E-state index is 0.0615. The van der Waals surface area contributed by atoms with Crippen LogP contribution in [-0.2, 0) is 4.79 Å². The summed E-state index contributed by atoms with van der Waals surface area (Å²) in [5.41, 5.74) is 1.83. The van der Waals surface area contributed by atoms with Crippen molar-refractivity contribution in [2.45, 2.75) is 20.8 Å². The number of nitrogens with one attached hydrogen (secondary N) is 1. The van der Waals surface area contributed by atoms with Gasteiger partial charge in [0, 0.05) is 12.6 Å². The molecule has 3 nitrogen and oxygen atoms in total. The number of carbonyl (C=O) groups is 1. The Kier molecular flexibility index (Phi) is 3.51. The minimum Gasteiger partial charge on any atom is -0.494 e. The molecule has 0 unspecified atom stereocenters. The Morgan fingerprint density at radius 1 is 1.50 bits per heavy atom. The lowest BCUT2D eigenvalue weighted by atomic mass is 10.2. The topological polar surface area (TPSA) is 38.3 Å². The molecule has 1 aromatic carbocycles. The maximum atomic E-state index is 10.8. The smallest absolute Gasteiger partial charge is 0.221 e. The number of benzene rings is 1. The lowest BCUT2D eigenvalue weighted by molar-refractivity contribution is -0.114. The highest BCUT2D eigenvalue weighted by Crippen LogP contribution is 2.21. The van der Waals surface area contributed by atoms with Crippen LogP contribution in [0.15, 0.2) is 18.2 Å². The van der Waals surface area contributed by atoms with E-state index in [4.69, 9.17) is 4.74 Å². The summed E-state index contributed by atoms with van der Waals surface area (Å²) in [5, 5.41) is 2.72. The van der Waals surface area contributed by atoms with Crippen molar-refractivity contribution in [2.75, 3.05) is 11.9 Å². The summed E-state index contributed by atoms with van der Waals surface area (Å²) in [6, 6.07) is 5.59. The minimum atomic E-state index is -0.0615. The van der Waals surface area contributed by atoms with Gasteiger partial charge in [-0.1, -0.05) is 0 Å². The molecule has 0 saturated carbocycles. The standard InChI is InChI=1S/C11H15NO2/c1-4-14-11-6-5-10(7-8(11)2)12-9(3)13/h5-7H,4H2,1-3H3,(H,12,13). The van der Waals surface area contributed by atoms with Crippen LogP contribution in [-0.4, -0.2) is 12.5 Å². The number of hydrogen-bond acceptors (Lipinski definition) is 2. The van der Waals surface area contributed by atoms with E-state index in [9.17, 15) is 4.79 Å². The zero-order valence-electron chi connectivity index (χ0n) is 8.76. The molecule has 0 atom stereocenters. The van der Waals surface area contributed by atoms with Crippen LogP contribution in [0.5, 0.6) is 5.75 Å². The molecule has 0 bridgehead atoms. The predicted molar refractivity (Wildman–Crippen MR) is 56.7 cm³/mol. The van der Waals surface area contributed by atoms with Gasteiger partial charge in [0.25, 0.3) is 0 Å². The van der Waals surface area contributed by atoms with Crippen LogP contribution >= 0.6 is 0 Å². The molecule has 0 radical (unpaired) electrons. The SMILES string of the molecule is CCOc1ccc(NC(C)=O)cc1C. The van der Waals surface area contributed by atoms with E-state index in [2.05, 4.69) is 5.32 Å². The van der Waals surface area contributed by atoms with Crippen molar-refractivity contribution in [1.29, 1.82) is 0 Å². The van der Waals surface area contributed by atoms with Crippen LogP contribution in [0, 0.1) is 6.92 Å². The van der Waals surface area contributed by atoms with E-state index in [0.717, 1.165) is 17.0 Å². The highest BCUT2D eigenvalue weighted by atomic mass is 16.5. The number of anilines is 1. The maximum absolute atomic E-state index is 10.8. The Morgan fingerprint density at radius 2 is 2.21 bits per heavy atom. The monoisotopic (exact) mass is 193 g/mol. The summed E-state index contributed by atoms with van der Waals surface area (Å²) in [6.07, 6.45) is 0. The van der Waals surface area contributed by atoms with E-state index in [0.29, 0.717) is 6.61 Å². The molecule has 1 amide bonds. The molecule has 0 aromatic heterocycles. The lowest BCUT2D eigenvalue weighted by Gasteiger charge is -2.08. The van der Waals surface area contributed by atoms with Crippen molar-refractivity contribution in [2.24, 2.45) is 0 Å². The molecule has 1 N–H and O–H groups in total. The molecule has 0 spiro atoms. The van der Waals surface area contributed by atoms with E-state index >= 15 is 0 Å². The van der Waals surface area contributed by atoms with Crippen molar-refractivity contribution >= 4 is 11.6 Å². The molecule has 1 aromatic rings. The van der Waals surface area contributed by atoms with Crippen LogP contribution in [0.25, 0.3) is 0 Å². The third-order valence-corrected chi connectivity index (χ3v) is 1.80. The molecule has 0 fully saturated rings. The zero-order valence-corrected chi connectivity index (χ0v) is 8.76.